The first-order valence-electron chi connectivity index (χ1n) is 6.56. The molecule has 0 fully saturated rings. The molecule has 1 nitrogen and oxygen atoms in total. The van der Waals surface area contributed by atoms with Crippen molar-refractivity contribution in [2.24, 2.45) is 0 Å². The van der Waals surface area contributed by atoms with E-state index in [-0.39, 0.29) is 4.83 Å². The van der Waals surface area contributed by atoms with Gasteiger partial charge in [0.05, 0.1) is 5.52 Å². The molecule has 106 valence electrons. The van der Waals surface area contributed by atoms with Gasteiger partial charge in [-0.1, -0.05) is 72.1 Å². The highest BCUT2D eigenvalue weighted by atomic mass is 79.9. The van der Waals surface area contributed by atoms with E-state index in [1.807, 2.05) is 18.2 Å². The summed E-state index contributed by atoms with van der Waals surface area (Å²) < 4.78 is 2.14. The van der Waals surface area contributed by atoms with Crippen LogP contribution in [0, 0.1) is 0 Å². The quantitative estimate of drug-likeness (QED) is 0.402. The summed E-state index contributed by atoms with van der Waals surface area (Å²) in [7, 11) is 0. The number of pyridine rings is 1. The number of aromatic nitrogens is 1. The van der Waals surface area contributed by atoms with Gasteiger partial charge in [0.1, 0.15) is 0 Å². The van der Waals surface area contributed by atoms with Crippen LogP contribution in [0.1, 0.15) is 16.1 Å². The van der Waals surface area contributed by atoms with E-state index >= 15 is 0 Å². The molecule has 0 spiro atoms. The van der Waals surface area contributed by atoms with Crippen molar-refractivity contribution in [3.05, 3.63) is 74.8 Å². The van der Waals surface area contributed by atoms with Crippen molar-refractivity contribution in [1.82, 2.24) is 4.98 Å². The number of hydrogen-bond acceptors (Lipinski definition) is 1. The average molecular weight is 470 g/mol. The van der Waals surface area contributed by atoms with E-state index in [0.717, 1.165) is 26.6 Å². The number of para-hydroxylation sites is 1. The van der Waals surface area contributed by atoms with E-state index < -0.39 is 0 Å². The van der Waals surface area contributed by atoms with Gasteiger partial charge < -0.3 is 0 Å². The normalized spacial score (nSPS) is 12.5. The minimum atomic E-state index is 0.236. The minimum absolute atomic E-state index is 0.236. The van der Waals surface area contributed by atoms with Crippen molar-refractivity contribution in [3.63, 3.8) is 0 Å². The maximum atomic E-state index is 4.73. The van der Waals surface area contributed by atoms with Crippen LogP contribution in [0.4, 0.5) is 0 Å². The van der Waals surface area contributed by atoms with Gasteiger partial charge in [-0.25, -0.2) is 0 Å². The molecule has 0 amide bonds. The zero-order chi connectivity index (χ0) is 14.8. The predicted molar refractivity (Wildman–Crippen MR) is 99.0 cm³/mol. The Labute approximate surface area is 149 Å². The van der Waals surface area contributed by atoms with Gasteiger partial charge in [0.25, 0.3) is 0 Å². The number of rotatable bonds is 3. The second kappa shape index (κ2) is 6.59. The smallest absolute Gasteiger partial charge is 0.0705 e. The Balaban J connectivity index is 1.86. The molecule has 1 heterocycles. The fraction of sp³-hybridized carbons (Fsp3) is 0.118. The van der Waals surface area contributed by atoms with Crippen LogP contribution in [0.2, 0.25) is 0 Å². The largest absolute Gasteiger partial charge is 0.253 e. The van der Waals surface area contributed by atoms with Crippen LogP contribution in [-0.4, -0.2) is 4.98 Å². The number of alkyl halides is 1. The van der Waals surface area contributed by atoms with Crippen molar-refractivity contribution in [2.45, 2.75) is 11.2 Å². The molecule has 0 aliphatic carbocycles. The fourth-order valence-electron chi connectivity index (χ4n) is 2.28. The molecular formula is C17H12Br3N. The summed E-state index contributed by atoms with van der Waals surface area (Å²) in [6.07, 6.45) is 0.855. The van der Waals surface area contributed by atoms with Crippen LogP contribution < -0.4 is 0 Å². The molecule has 0 aliphatic rings. The lowest BCUT2D eigenvalue weighted by Gasteiger charge is -2.11. The highest BCUT2D eigenvalue weighted by Crippen LogP contribution is 2.31. The summed E-state index contributed by atoms with van der Waals surface area (Å²) in [5.74, 6) is 0. The summed E-state index contributed by atoms with van der Waals surface area (Å²) in [6.45, 7) is 0. The molecule has 0 N–H and O–H groups in total. The van der Waals surface area contributed by atoms with Gasteiger partial charge in [-0.2, -0.15) is 0 Å². The van der Waals surface area contributed by atoms with Crippen molar-refractivity contribution in [3.8, 4) is 0 Å². The molecule has 0 radical (unpaired) electrons. The second-order valence-corrected chi connectivity index (χ2v) is 7.81. The summed E-state index contributed by atoms with van der Waals surface area (Å²) in [5.41, 5.74) is 3.36. The number of fused-ring (bicyclic) bond motifs is 1. The molecule has 0 saturated carbocycles. The lowest BCUT2D eigenvalue weighted by atomic mass is 10.1. The maximum Gasteiger partial charge on any atom is 0.0705 e. The van der Waals surface area contributed by atoms with Crippen LogP contribution in [0.15, 0.2) is 63.5 Å². The zero-order valence-corrected chi connectivity index (χ0v) is 15.8. The third-order valence-corrected chi connectivity index (χ3v) is 5.06. The molecule has 0 saturated heterocycles. The molecule has 2 aromatic carbocycles. The molecule has 3 rings (SSSR count). The maximum absolute atomic E-state index is 4.73. The highest BCUT2D eigenvalue weighted by Gasteiger charge is 2.11. The van der Waals surface area contributed by atoms with Gasteiger partial charge in [0, 0.05) is 31.3 Å². The fourth-order valence-corrected chi connectivity index (χ4v) is 4.20. The van der Waals surface area contributed by atoms with E-state index in [4.69, 9.17) is 4.98 Å². The molecule has 1 atom stereocenters. The SMILES string of the molecule is Brc1cc(Br)cc(C(Br)Cc2ccc3ccccc3n2)c1. The first kappa shape index (κ1) is 15.2. The van der Waals surface area contributed by atoms with Crippen molar-refractivity contribution in [1.29, 1.82) is 0 Å². The lowest BCUT2D eigenvalue weighted by Crippen LogP contribution is -1.98. The Morgan fingerprint density at radius 3 is 2.38 bits per heavy atom. The summed E-state index contributed by atoms with van der Waals surface area (Å²) in [6, 6.07) is 18.7. The number of hydrogen-bond donors (Lipinski definition) is 0. The van der Waals surface area contributed by atoms with Gasteiger partial charge in [-0.15, -0.1) is 0 Å². The van der Waals surface area contributed by atoms with Crippen LogP contribution in [0.3, 0.4) is 0 Å². The summed E-state index contributed by atoms with van der Waals surface area (Å²) in [4.78, 5) is 4.97. The number of benzene rings is 2. The Kier molecular flexibility index (Phi) is 4.77. The third kappa shape index (κ3) is 3.74. The Morgan fingerprint density at radius 1 is 0.905 bits per heavy atom. The van der Waals surface area contributed by atoms with Crippen LogP contribution in [-0.2, 0) is 6.42 Å². The lowest BCUT2D eigenvalue weighted by molar-refractivity contribution is 0.911. The molecule has 0 bridgehead atoms. The second-order valence-electron chi connectivity index (χ2n) is 4.87. The molecule has 21 heavy (non-hydrogen) atoms. The summed E-state index contributed by atoms with van der Waals surface area (Å²) >= 11 is 10.8. The van der Waals surface area contributed by atoms with E-state index in [9.17, 15) is 0 Å². The molecule has 0 aliphatic heterocycles. The third-order valence-electron chi connectivity index (χ3n) is 3.29. The van der Waals surface area contributed by atoms with Gasteiger partial charge in [0.15, 0.2) is 0 Å². The van der Waals surface area contributed by atoms with Crippen LogP contribution in [0.25, 0.3) is 10.9 Å². The standard InChI is InChI=1S/C17H12Br3N/c18-13-7-12(8-14(19)9-13)16(20)10-15-6-5-11-3-1-2-4-17(11)21-15/h1-9,16H,10H2. The van der Waals surface area contributed by atoms with Crippen LogP contribution in [0.5, 0.6) is 0 Å². The van der Waals surface area contributed by atoms with E-state index in [1.54, 1.807) is 0 Å². The number of nitrogens with zero attached hydrogens (tertiary/aromatic N) is 1. The highest BCUT2D eigenvalue weighted by molar-refractivity contribution is 9.11. The minimum Gasteiger partial charge on any atom is -0.253 e. The monoisotopic (exact) mass is 467 g/mol. The van der Waals surface area contributed by atoms with Crippen molar-refractivity contribution < 1.29 is 0 Å². The van der Waals surface area contributed by atoms with Crippen LogP contribution >= 0.6 is 47.8 Å². The Morgan fingerprint density at radius 2 is 1.62 bits per heavy atom. The molecule has 1 unspecified atom stereocenters. The molecule has 3 aromatic rings. The van der Waals surface area contributed by atoms with E-state index in [0.29, 0.717) is 0 Å². The first-order chi connectivity index (χ1) is 10.1. The van der Waals surface area contributed by atoms with E-state index in [2.05, 4.69) is 84.2 Å². The average Bonchev–Trinajstić information content (AvgIpc) is 2.46. The van der Waals surface area contributed by atoms with E-state index in [1.165, 1.54) is 10.9 Å². The molecule has 4 heteroatoms. The predicted octanol–water partition coefficient (Wildman–Crippen LogP) is 6.44. The van der Waals surface area contributed by atoms with Gasteiger partial charge in [0.2, 0.25) is 0 Å². The summed E-state index contributed by atoms with van der Waals surface area (Å²) in [5, 5.41) is 1.18. The number of halogens is 3. The van der Waals surface area contributed by atoms with Gasteiger partial charge in [-0.3, -0.25) is 4.98 Å². The van der Waals surface area contributed by atoms with Gasteiger partial charge >= 0.3 is 0 Å². The molecular weight excluding hydrogens is 458 g/mol. The van der Waals surface area contributed by atoms with Gasteiger partial charge in [-0.05, 0) is 35.9 Å². The van der Waals surface area contributed by atoms with Crippen molar-refractivity contribution >= 4 is 58.7 Å². The topological polar surface area (TPSA) is 12.9 Å². The first-order valence-corrected chi connectivity index (χ1v) is 9.07. The Bertz CT molecular complexity index is 766. The molecule has 1 aromatic heterocycles. The Hall–Kier alpha value is -0.710. The van der Waals surface area contributed by atoms with Crippen molar-refractivity contribution in [2.75, 3.05) is 0 Å². The zero-order valence-electron chi connectivity index (χ0n) is 11.1.